The average molecular weight is 268 g/mol. The molecule has 0 fully saturated rings. The normalized spacial score (nSPS) is 16.0. The average Bonchev–Trinajstić information content (AvgIpc) is 2.40. The Morgan fingerprint density at radius 2 is 1.74 bits per heavy atom. The minimum absolute atomic E-state index is 0.0644. The third-order valence-electron chi connectivity index (χ3n) is 2.98. The van der Waals surface area contributed by atoms with Gasteiger partial charge in [0.15, 0.2) is 0 Å². The van der Waals surface area contributed by atoms with Gasteiger partial charge in [0.05, 0.1) is 25.4 Å². The van der Waals surface area contributed by atoms with Gasteiger partial charge in [0.1, 0.15) is 6.10 Å². The first-order valence-electron chi connectivity index (χ1n) is 6.79. The zero-order valence-corrected chi connectivity index (χ0v) is 11.4. The third kappa shape index (κ3) is 6.68. The van der Waals surface area contributed by atoms with Crippen LogP contribution >= 0.6 is 0 Å². The molecule has 0 aliphatic heterocycles. The molecule has 3 N–H and O–H groups in total. The Kier molecular flexibility index (Phi) is 7.67. The minimum Gasteiger partial charge on any atom is -0.393 e. The zero-order valence-electron chi connectivity index (χ0n) is 11.4. The molecule has 0 aromatic heterocycles. The molecule has 0 aliphatic carbocycles. The van der Waals surface area contributed by atoms with Crippen LogP contribution in [0.4, 0.5) is 0 Å². The van der Waals surface area contributed by atoms with Gasteiger partial charge in [-0.3, -0.25) is 0 Å². The Morgan fingerprint density at radius 3 is 2.37 bits per heavy atom. The van der Waals surface area contributed by atoms with Crippen molar-refractivity contribution in [2.45, 2.75) is 51.1 Å². The van der Waals surface area contributed by atoms with Gasteiger partial charge in [-0.2, -0.15) is 0 Å². The van der Waals surface area contributed by atoms with Gasteiger partial charge in [-0.25, -0.2) is 0 Å². The highest BCUT2D eigenvalue weighted by Gasteiger charge is 2.19. The van der Waals surface area contributed by atoms with Gasteiger partial charge in [0.2, 0.25) is 0 Å². The second-order valence-electron chi connectivity index (χ2n) is 4.81. The van der Waals surface area contributed by atoms with Crippen molar-refractivity contribution in [3.8, 4) is 0 Å². The molecule has 0 spiro atoms. The van der Waals surface area contributed by atoms with E-state index < -0.39 is 18.3 Å². The fourth-order valence-electron chi connectivity index (χ4n) is 1.87. The number of aliphatic hydroxyl groups is 3. The Bertz CT molecular complexity index is 328. The molecule has 0 saturated carbocycles. The van der Waals surface area contributed by atoms with E-state index >= 15 is 0 Å². The fourth-order valence-corrected chi connectivity index (χ4v) is 1.87. The lowest BCUT2D eigenvalue weighted by atomic mass is 10.0. The SMILES string of the molecule is CCC[C@@H](O)C[C@H](O)[C@@H](O)COCc1ccccc1. The summed E-state index contributed by atoms with van der Waals surface area (Å²) in [4.78, 5) is 0. The predicted molar refractivity (Wildman–Crippen MR) is 73.6 cm³/mol. The summed E-state index contributed by atoms with van der Waals surface area (Å²) in [6, 6.07) is 9.65. The van der Waals surface area contributed by atoms with Crippen LogP contribution in [0, 0.1) is 0 Å². The number of benzene rings is 1. The van der Waals surface area contributed by atoms with E-state index in [2.05, 4.69) is 0 Å². The van der Waals surface area contributed by atoms with Crippen LogP contribution in [0.1, 0.15) is 31.7 Å². The summed E-state index contributed by atoms with van der Waals surface area (Å²) >= 11 is 0. The van der Waals surface area contributed by atoms with Crippen molar-refractivity contribution in [2.75, 3.05) is 6.61 Å². The molecule has 0 saturated heterocycles. The van der Waals surface area contributed by atoms with Crippen molar-refractivity contribution in [1.82, 2.24) is 0 Å². The van der Waals surface area contributed by atoms with E-state index in [9.17, 15) is 15.3 Å². The van der Waals surface area contributed by atoms with Gasteiger partial charge in [-0.15, -0.1) is 0 Å². The van der Waals surface area contributed by atoms with E-state index in [1.165, 1.54) is 0 Å². The van der Waals surface area contributed by atoms with Gasteiger partial charge in [0.25, 0.3) is 0 Å². The molecule has 1 aromatic rings. The topological polar surface area (TPSA) is 69.9 Å². The van der Waals surface area contributed by atoms with Gasteiger partial charge >= 0.3 is 0 Å². The lowest BCUT2D eigenvalue weighted by molar-refractivity contribution is -0.0583. The first-order valence-corrected chi connectivity index (χ1v) is 6.79. The molecular weight excluding hydrogens is 244 g/mol. The first-order chi connectivity index (χ1) is 9.13. The summed E-state index contributed by atoms with van der Waals surface area (Å²) in [6.45, 7) is 2.44. The summed E-state index contributed by atoms with van der Waals surface area (Å²) in [5, 5.41) is 29.0. The van der Waals surface area contributed by atoms with Gasteiger partial charge < -0.3 is 20.1 Å². The Labute approximate surface area is 114 Å². The van der Waals surface area contributed by atoms with E-state index in [1.807, 2.05) is 37.3 Å². The van der Waals surface area contributed by atoms with Crippen molar-refractivity contribution in [3.05, 3.63) is 35.9 Å². The van der Waals surface area contributed by atoms with Crippen LogP contribution < -0.4 is 0 Å². The van der Waals surface area contributed by atoms with Crippen LogP contribution in [0.3, 0.4) is 0 Å². The third-order valence-corrected chi connectivity index (χ3v) is 2.98. The van der Waals surface area contributed by atoms with E-state index in [1.54, 1.807) is 0 Å². The van der Waals surface area contributed by atoms with Crippen LogP contribution in [0.2, 0.25) is 0 Å². The molecule has 0 heterocycles. The Morgan fingerprint density at radius 1 is 1.05 bits per heavy atom. The largest absolute Gasteiger partial charge is 0.393 e. The van der Waals surface area contributed by atoms with Gasteiger partial charge in [-0.1, -0.05) is 43.7 Å². The molecule has 0 aliphatic rings. The Hall–Kier alpha value is -0.940. The van der Waals surface area contributed by atoms with Crippen LogP contribution in [0.5, 0.6) is 0 Å². The molecule has 19 heavy (non-hydrogen) atoms. The predicted octanol–water partition coefficient (Wildman–Crippen LogP) is 1.48. The fraction of sp³-hybridized carbons (Fsp3) is 0.600. The van der Waals surface area contributed by atoms with Crippen molar-refractivity contribution in [1.29, 1.82) is 0 Å². The van der Waals surface area contributed by atoms with Crippen molar-refractivity contribution >= 4 is 0 Å². The Balaban J connectivity index is 2.21. The smallest absolute Gasteiger partial charge is 0.103 e. The van der Waals surface area contributed by atoms with E-state index in [4.69, 9.17) is 4.74 Å². The summed E-state index contributed by atoms with van der Waals surface area (Å²) in [5.74, 6) is 0. The minimum atomic E-state index is -0.963. The van der Waals surface area contributed by atoms with Crippen LogP contribution in [-0.4, -0.2) is 40.2 Å². The van der Waals surface area contributed by atoms with Gasteiger partial charge in [0, 0.05) is 6.42 Å². The lowest BCUT2D eigenvalue weighted by Crippen LogP contribution is -2.33. The molecule has 1 aromatic carbocycles. The summed E-state index contributed by atoms with van der Waals surface area (Å²) < 4.78 is 5.35. The van der Waals surface area contributed by atoms with E-state index in [0.717, 1.165) is 12.0 Å². The molecule has 4 heteroatoms. The van der Waals surface area contributed by atoms with Crippen molar-refractivity contribution < 1.29 is 20.1 Å². The molecule has 0 amide bonds. The maximum Gasteiger partial charge on any atom is 0.103 e. The number of hydrogen-bond acceptors (Lipinski definition) is 4. The highest BCUT2D eigenvalue weighted by molar-refractivity contribution is 5.13. The molecule has 108 valence electrons. The maximum absolute atomic E-state index is 9.73. The van der Waals surface area contributed by atoms with Crippen LogP contribution in [0.15, 0.2) is 30.3 Å². The summed E-state index contributed by atoms with van der Waals surface area (Å²) in [6.07, 6.45) is -0.802. The molecule has 3 atom stereocenters. The molecule has 0 radical (unpaired) electrons. The lowest BCUT2D eigenvalue weighted by Gasteiger charge is -2.20. The van der Waals surface area contributed by atoms with Crippen LogP contribution in [-0.2, 0) is 11.3 Å². The quantitative estimate of drug-likeness (QED) is 0.634. The second-order valence-corrected chi connectivity index (χ2v) is 4.81. The second kappa shape index (κ2) is 9.04. The zero-order chi connectivity index (χ0) is 14.1. The number of aliphatic hydroxyl groups excluding tert-OH is 3. The maximum atomic E-state index is 9.73. The first kappa shape index (κ1) is 16.1. The molecule has 0 unspecified atom stereocenters. The van der Waals surface area contributed by atoms with Crippen molar-refractivity contribution in [2.24, 2.45) is 0 Å². The molecule has 4 nitrogen and oxygen atoms in total. The number of hydrogen-bond donors (Lipinski definition) is 3. The van der Waals surface area contributed by atoms with Gasteiger partial charge in [-0.05, 0) is 12.0 Å². The van der Waals surface area contributed by atoms with E-state index in [0.29, 0.717) is 13.0 Å². The summed E-state index contributed by atoms with van der Waals surface area (Å²) in [5.41, 5.74) is 1.02. The van der Waals surface area contributed by atoms with E-state index in [-0.39, 0.29) is 13.0 Å². The number of ether oxygens (including phenoxy) is 1. The van der Waals surface area contributed by atoms with Crippen molar-refractivity contribution in [3.63, 3.8) is 0 Å². The number of rotatable bonds is 9. The molecular formula is C15H24O4. The highest BCUT2D eigenvalue weighted by Crippen LogP contribution is 2.09. The monoisotopic (exact) mass is 268 g/mol. The summed E-state index contributed by atoms with van der Waals surface area (Å²) in [7, 11) is 0. The van der Waals surface area contributed by atoms with Crippen LogP contribution in [0.25, 0.3) is 0 Å². The molecule has 1 rings (SSSR count). The molecule has 0 bridgehead atoms. The standard InChI is InChI=1S/C15H24O4/c1-2-6-13(16)9-14(17)15(18)11-19-10-12-7-4-3-5-8-12/h3-5,7-8,13-18H,2,6,9-11H2,1H3/t13-,14+,15+/m1/s1. The highest BCUT2D eigenvalue weighted by atomic mass is 16.5.